The molecule has 5 nitrogen and oxygen atoms in total. The third kappa shape index (κ3) is 2.05. The van der Waals surface area contributed by atoms with Crippen LogP contribution in [0.1, 0.15) is 0 Å². The summed E-state index contributed by atoms with van der Waals surface area (Å²) in [5.74, 6) is 0.722. The van der Waals surface area contributed by atoms with Gasteiger partial charge in [-0.3, -0.25) is 4.98 Å². The number of hydrogen-bond donors (Lipinski definition) is 1. The standard InChI is InChI=1S/C10H10FN5/c1-16(9-4-2-3-7(11)14-9)10-6-13-5-8(12)15-10/h2-6H,1H3,(H2,12,15). The summed E-state index contributed by atoms with van der Waals surface area (Å²) in [6.07, 6.45) is 2.97. The predicted octanol–water partition coefficient (Wildman–Crippen LogP) is 1.36. The van der Waals surface area contributed by atoms with Crippen LogP contribution >= 0.6 is 0 Å². The molecule has 0 bridgehead atoms. The molecule has 82 valence electrons. The van der Waals surface area contributed by atoms with Gasteiger partial charge in [-0.25, -0.2) is 9.97 Å². The molecule has 2 rings (SSSR count). The Kier molecular flexibility index (Phi) is 2.63. The summed E-state index contributed by atoms with van der Waals surface area (Å²) in [6, 6.07) is 4.53. The summed E-state index contributed by atoms with van der Waals surface area (Å²) < 4.78 is 12.9. The van der Waals surface area contributed by atoms with Crippen molar-refractivity contribution in [2.75, 3.05) is 17.7 Å². The third-order valence-electron chi connectivity index (χ3n) is 2.03. The molecule has 0 saturated carbocycles. The molecule has 0 fully saturated rings. The molecule has 0 saturated heterocycles. The van der Waals surface area contributed by atoms with Gasteiger partial charge in [-0.1, -0.05) is 6.07 Å². The Balaban J connectivity index is 2.35. The highest BCUT2D eigenvalue weighted by Crippen LogP contribution is 2.18. The molecule has 0 aromatic carbocycles. The van der Waals surface area contributed by atoms with Crippen molar-refractivity contribution in [3.8, 4) is 0 Å². The lowest BCUT2D eigenvalue weighted by molar-refractivity contribution is 0.584. The molecular formula is C10H10FN5. The van der Waals surface area contributed by atoms with Gasteiger partial charge in [-0.15, -0.1) is 0 Å². The monoisotopic (exact) mass is 219 g/mol. The minimum atomic E-state index is -0.541. The van der Waals surface area contributed by atoms with Gasteiger partial charge < -0.3 is 10.6 Å². The number of halogens is 1. The number of anilines is 3. The Morgan fingerprint density at radius 3 is 2.69 bits per heavy atom. The molecule has 2 heterocycles. The number of nitrogen functional groups attached to an aromatic ring is 1. The first-order valence-electron chi connectivity index (χ1n) is 4.60. The second-order valence-corrected chi connectivity index (χ2v) is 3.18. The van der Waals surface area contributed by atoms with E-state index < -0.39 is 5.95 Å². The second kappa shape index (κ2) is 4.09. The van der Waals surface area contributed by atoms with Gasteiger partial charge in [0.15, 0.2) is 5.82 Å². The van der Waals surface area contributed by atoms with E-state index >= 15 is 0 Å². The molecule has 16 heavy (non-hydrogen) atoms. The topological polar surface area (TPSA) is 67.9 Å². The van der Waals surface area contributed by atoms with E-state index in [-0.39, 0.29) is 0 Å². The lowest BCUT2D eigenvalue weighted by Crippen LogP contribution is -2.14. The minimum Gasteiger partial charge on any atom is -0.382 e. The van der Waals surface area contributed by atoms with Crippen molar-refractivity contribution in [1.29, 1.82) is 0 Å². The molecule has 2 aromatic heterocycles. The summed E-state index contributed by atoms with van der Waals surface area (Å²) in [5, 5.41) is 0. The zero-order valence-electron chi connectivity index (χ0n) is 8.63. The number of hydrogen-bond acceptors (Lipinski definition) is 5. The first-order valence-corrected chi connectivity index (χ1v) is 4.60. The molecule has 0 unspecified atom stereocenters. The Hall–Kier alpha value is -2.24. The van der Waals surface area contributed by atoms with Crippen molar-refractivity contribution in [3.05, 3.63) is 36.5 Å². The van der Waals surface area contributed by atoms with Gasteiger partial charge in [0.25, 0.3) is 0 Å². The van der Waals surface area contributed by atoms with Gasteiger partial charge in [0.2, 0.25) is 5.95 Å². The maximum Gasteiger partial charge on any atom is 0.214 e. The van der Waals surface area contributed by atoms with Gasteiger partial charge in [0.05, 0.1) is 12.4 Å². The summed E-state index contributed by atoms with van der Waals surface area (Å²) in [4.78, 5) is 13.3. The van der Waals surface area contributed by atoms with Crippen molar-refractivity contribution < 1.29 is 4.39 Å². The molecule has 0 aliphatic heterocycles. The highest BCUT2D eigenvalue weighted by atomic mass is 19.1. The number of rotatable bonds is 2. The van der Waals surface area contributed by atoms with Crippen molar-refractivity contribution in [2.24, 2.45) is 0 Å². The molecule has 0 radical (unpaired) electrons. The fraction of sp³-hybridized carbons (Fsp3) is 0.100. The SMILES string of the molecule is CN(c1cncc(N)n1)c1cccc(F)n1. The van der Waals surface area contributed by atoms with E-state index in [1.807, 2.05) is 0 Å². The largest absolute Gasteiger partial charge is 0.382 e. The van der Waals surface area contributed by atoms with E-state index in [2.05, 4.69) is 15.0 Å². The number of pyridine rings is 1. The lowest BCUT2D eigenvalue weighted by Gasteiger charge is -2.16. The quantitative estimate of drug-likeness (QED) is 0.772. The van der Waals surface area contributed by atoms with Crippen LogP contribution in [0.3, 0.4) is 0 Å². The van der Waals surface area contributed by atoms with Crippen molar-refractivity contribution in [3.63, 3.8) is 0 Å². The Labute approximate surface area is 91.8 Å². The lowest BCUT2D eigenvalue weighted by atomic mass is 10.4. The smallest absolute Gasteiger partial charge is 0.214 e. The van der Waals surface area contributed by atoms with Crippen LogP contribution in [0.25, 0.3) is 0 Å². The van der Waals surface area contributed by atoms with Crippen LogP contribution in [-0.4, -0.2) is 22.0 Å². The first-order chi connectivity index (χ1) is 7.66. The average molecular weight is 219 g/mol. The number of nitrogens with two attached hydrogens (primary N) is 1. The molecule has 6 heteroatoms. The van der Waals surface area contributed by atoms with Gasteiger partial charge in [-0.2, -0.15) is 4.39 Å². The predicted molar refractivity (Wildman–Crippen MR) is 58.7 cm³/mol. The van der Waals surface area contributed by atoms with E-state index in [0.29, 0.717) is 17.5 Å². The van der Waals surface area contributed by atoms with Crippen molar-refractivity contribution in [2.45, 2.75) is 0 Å². The zero-order chi connectivity index (χ0) is 11.5. The van der Waals surface area contributed by atoms with Gasteiger partial charge >= 0.3 is 0 Å². The van der Waals surface area contributed by atoms with Crippen LogP contribution in [-0.2, 0) is 0 Å². The molecule has 0 aliphatic rings. The normalized spacial score (nSPS) is 10.1. The molecule has 0 amide bonds. The highest BCUT2D eigenvalue weighted by molar-refractivity contribution is 5.54. The van der Waals surface area contributed by atoms with Crippen molar-refractivity contribution >= 4 is 17.5 Å². The van der Waals surface area contributed by atoms with Gasteiger partial charge in [0, 0.05) is 7.05 Å². The minimum absolute atomic E-state index is 0.306. The maximum absolute atomic E-state index is 12.9. The highest BCUT2D eigenvalue weighted by Gasteiger charge is 2.07. The maximum atomic E-state index is 12.9. The van der Waals surface area contributed by atoms with Crippen LogP contribution in [0.15, 0.2) is 30.6 Å². The summed E-state index contributed by atoms with van der Waals surface area (Å²) >= 11 is 0. The van der Waals surface area contributed by atoms with Crippen LogP contribution in [0, 0.1) is 5.95 Å². The Morgan fingerprint density at radius 1 is 1.19 bits per heavy atom. The van der Waals surface area contributed by atoms with E-state index in [9.17, 15) is 4.39 Å². The Bertz CT molecular complexity index is 457. The molecule has 0 spiro atoms. The van der Waals surface area contributed by atoms with Gasteiger partial charge in [0.1, 0.15) is 11.6 Å². The van der Waals surface area contributed by atoms with E-state index in [1.54, 1.807) is 24.1 Å². The second-order valence-electron chi connectivity index (χ2n) is 3.18. The molecule has 2 aromatic rings. The first kappa shape index (κ1) is 10.3. The number of aromatic nitrogens is 3. The Morgan fingerprint density at radius 2 is 2.00 bits per heavy atom. The summed E-state index contributed by atoms with van der Waals surface area (Å²) in [5.41, 5.74) is 5.51. The third-order valence-corrected chi connectivity index (χ3v) is 2.03. The van der Waals surface area contributed by atoms with Crippen molar-refractivity contribution in [1.82, 2.24) is 15.0 Å². The summed E-state index contributed by atoms with van der Waals surface area (Å²) in [7, 11) is 1.71. The van der Waals surface area contributed by atoms with E-state index in [4.69, 9.17) is 5.73 Å². The fourth-order valence-corrected chi connectivity index (χ4v) is 1.23. The van der Waals surface area contributed by atoms with E-state index in [0.717, 1.165) is 0 Å². The molecular weight excluding hydrogens is 209 g/mol. The van der Waals surface area contributed by atoms with Gasteiger partial charge in [-0.05, 0) is 12.1 Å². The fourth-order valence-electron chi connectivity index (χ4n) is 1.23. The van der Waals surface area contributed by atoms with Crippen LogP contribution < -0.4 is 10.6 Å². The zero-order valence-corrected chi connectivity index (χ0v) is 8.63. The molecule has 0 atom stereocenters. The van der Waals surface area contributed by atoms with Crippen LogP contribution in [0.5, 0.6) is 0 Å². The van der Waals surface area contributed by atoms with Crippen LogP contribution in [0.2, 0.25) is 0 Å². The average Bonchev–Trinajstić information content (AvgIpc) is 2.28. The summed E-state index contributed by atoms with van der Waals surface area (Å²) in [6.45, 7) is 0. The van der Waals surface area contributed by atoms with Crippen LogP contribution in [0.4, 0.5) is 21.8 Å². The molecule has 2 N–H and O–H groups in total. The number of nitrogens with zero attached hydrogens (tertiary/aromatic N) is 4. The molecule has 0 aliphatic carbocycles. The van der Waals surface area contributed by atoms with E-state index in [1.165, 1.54) is 18.5 Å².